The third kappa shape index (κ3) is 1.69. The number of hydrogen-bond acceptors (Lipinski definition) is 1. The van der Waals surface area contributed by atoms with Crippen molar-refractivity contribution in [3.63, 3.8) is 0 Å². The van der Waals surface area contributed by atoms with E-state index in [-0.39, 0.29) is 0 Å². The van der Waals surface area contributed by atoms with Crippen molar-refractivity contribution in [1.29, 1.82) is 0 Å². The van der Waals surface area contributed by atoms with E-state index in [1.54, 1.807) is 6.07 Å². The van der Waals surface area contributed by atoms with E-state index in [1.165, 1.54) is 24.8 Å². The van der Waals surface area contributed by atoms with Gasteiger partial charge in [-0.3, -0.25) is 0 Å². The van der Waals surface area contributed by atoms with Crippen LogP contribution in [0.5, 0.6) is 0 Å². The topological polar surface area (TPSA) is 37.3 Å². The Balaban J connectivity index is 2.30. The number of carboxylic acid groups (broad SMARTS) is 1. The Kier molecular flexibility index (Phi) is 2.59. The second-order valence-electron chi connectivity index (χ2n) is 3.67. The molecule has 0 aromatic heterocycles. The van der Waals surface area contributed by atoms with Crippen molar-refractivity contribution in [2.75, 3.05) is 0 Å². The van der Waals surface area contributed by atoms with Crippen molar-refractivity contribution in [2.24, 2.45) is 0 Å². The maximum atomic E-state index is 10.8. The smallest absolute Gasteiger partial charge is 0.336 e. The normalized spacial score (nSPS) is 16.4. The van der Waals surface area contributed by atoms with E-state index in [0.717, 1.165) is 0 Å². The average molecular weight is 255 g/mol. The molecule has 1 saturated carbocycles. The molecule has 0 unspecified atom stereocenters. The van der Waals surface area contributed by atoms with Crippen molar-refractivity contribution >= 4 is 21.9 Å². The number of carboxylic acids is 1. The fraction of sp³-hybridized carbons (Fsp3) is 0.364. The number of rotatable bonds is 2. The second-order valence-corrected chi connectivity index (χ2v) is 4.53. The lowest BCUT2D eigenvalue weighted by Crippen LogP contribution is -2.09. The van der Waals surface area contributed by atoms with Gasteiger partial charge in [-0.05, 0) is 52.4 Å². The van der Waals surface area contributed by atoms with Gasteiger partial charge in [0.25, 0.3) is 0 Å². The molecule has 0 saturated heterocycles. The highest BCUT2D eigenvalue weighted by Crippen LogP contribution is 2.37. The van der Waals surface area contributed by atoms with E-state index in [0.29, 0.717) is 16.0 Å². The minimum Gasteiger partial charge on any atom is -0.478 e. The van der Waals surface area contributed by atoms with E-state index in [9.17, 15) is 4.79 Å². The van der Waals surface area contributed by atoms with Crippen LogP contribution >= 0.6 is 15.9 Å². The van der Waals surface area contributed by atoms with Gasteiger partial charge in [0.1, 0.15) is 0 Å². The summed E-state index contributed by atoms with van der Waals surface area (Å²) in [7, 11) is 0. The van der Waals surface area contributed by atoms with Gasteiger partial charge in [-0.2, -0.15) is 0 Å². The zero-order valence-corrected chi connectivity index (χ0v) is 9.25. The molecule has 1 fully saturated rings. The highest BCUT2D eigenvalue weighted by molar-refractivity contribution is 9.10. The molecule has 0 atom stereocenters. The maximum Gasteiger partial charge on any atom is 0.336 e. The van der Waals surface area contributed by atoms with Crippen LogP contribution in [0.15, 0.2) is 22.7 Å². The van der Waals surface area contributed by atoms with Gasteiger partial charge in [0.05, 0.1) is 5.56 Å². The Bertz CT molecular complexity index is 370. The summed E-state index contributed by atoms with van der Waals surface area (Å²) in [4.78, 5) is 10.8. The fourth-order valence-electron chi connectivity index (χ4n) is 1.70. The van der Waals surface area contributed by atoms with Gasteiger partial charge in [0, 0.05) is 4.47 Å². The summed E-state index contributed by atoms with van der Waals surface area (Å²) in [6.45, 7) is 0. The summed E-state index contributed by atoms with van der Waals surface area (Å²) in [5, 5.41) is 8.84. The molecule has 1 N–H and O–H groups in total. The van der Waals surface area contributed by atoms with Crippen LogP contribution in [-0.2, 0) is 0 Å². The molecule has 0 bridgehead atoms. The first-order chi connectivity index (χ1) is 6.68. The minimum absolute atomic E-state index is 0.341. The molecule has 1 aliphatic rings. The molecule has 3 heteroatoms. The molecule has 74 valence electrons. The predicted octanol–water partition coefficient (Wildman–Crippen LogP) is 3.41. The lowest BCUT2D eigenvalue weighted by molar-refractivity contribution is 0.0696. The maximum absolute atomic E-state index is 10.8. The van der Waals surface area contributed by atoms with Crippen molar-refractivity contribution in [1.82, 2.24) is 0 Å². The zero-order chi connectivity index (χ0) is 10.1. The molecule has 2 rings (SSSR count). The van der Waals surface area contributed by atoms with Crippen molar-refractivity contribution in [3.8, 4) is 0 Å². The lowest BCUT2D eigenvalue weighted by atomic mass is 9.80. The van der Waals surface area contributed by atoms with Crippen molar-refractivity contribution in [2.45, 2.75) is 25.2 Å². The zero-order valence-electron chi connectivity index (χ0n) is 7.66. The molecule has 1 aromatic carbocycles. The van der Waals surface area contributed by atoms with E-state index < -0.39 is 5.97 Å². The van der Waals surface area contributed by atoms with Crippen LogP contribution < -0.4 is 0 Å². The van der Waals surface area contributed by atoms with Crippen LogP contribution in [0.25, 0.3) is 0 Å². The highest BCUT2D eigenvalue weighted by atomic mass is 79.9. The molecule has 2 nitrogen and oxygen atoms in total. The Morgan fingerprint density at radius 1 is 1.43 bits per heavy atom. The summed E-state index contributed by atoms with van der Waals surface area (Å²) in [6, 6.07) is 5.55. The summed E-state index contributed by atoms with van der Waals surface area (Å²) in [6.07, 6.45) is 3.76. The van der Waals surface area contributed by atoms with Gasteiger partial charge < -0.3 is 5.11 Å². The Morgan fingerprint density at radius 3 is 2.57 bits per heavy atom. The largest absolute Gasteiger partial charge is 0.478 e. The molecule has 1 aromatic rings. The molecule has 0 amide bonds. The molecule has 1 aliphatic carbocycles. The van der Waals surface area contributed by atoms with Crippen molar-refractivity contribution < 1.29 is 9.90 Å². The average Bonchev–Trinajstić information content (AvgIpc) is 2.00. The monoisotopic (exact) mass is 254 g/mol. The molecule has 0 heterocycles. The predicted molar refractivity (Wildman–Crippen MR) is 57.7 cm³/mol. The SMILES string of the molecule is O=C(O)c1ccc(C2CCC2)cc1Br. The molecule has 14 heavy (non-hydrogen) atoms. The van der Waals surface area contributed by atoms with Crippen molar-refractivity contribution in [3.05, 3.63) is 33.8 Å². The third-order valence-corrected chi connectivity index (χ3v) is 3.46. The van der Waals surface area contributed by atoms with Crippen LogP contribution in [-0.4, -0.2) is 11.1 Å². The third-order valence-electron chi connectivity index (χ3n) is 2.80. The quantitative estimate of drug-likeness (QED) is 0.879. The summed E-state index contributed by atoms with van der Waals surface area (Å²) in [5.41, 5.74) is 1.60. The lowest BCUT2D eigenvalue weighted by Gasteiger charge is -2.26. The first-order valence-corrected chi connectivity index (χ1v) is 5.50. The van der Waals surface area contributed by atoms with Crippen LogP contribution in [0.1, 0.15) is 41.1 Å². The van der Waals surface area contributed by atoms with Gasteiger partial charge in [-0.1, -0.05) is 12.5 Å². The van der Waals surface area contributed by atoms with Gasteiger partial charge in [0.15, 0.2) is 0 Å². The fourth-order valence-corrected chi connectivity index (χ4v) is 2.27. The minimum atomic E-state index is -0.878. The number of hydrogen-bond donors (Lipinski definition) is 1. The van der Waals surface area contributed by atoms with E-state index in [4.69, 9.17) is 5.11 Å². The van der Waals surface area contributed by atoms with E-state index in [1.807, 2.05) is 12.1 Å². The standard InChI is InChI=1S/C11H11BrO2/c12-10-6-8(7-2-1-3-7)4-5-9(10)11(13)14/h4-7H,1-3H2,(H,13,14). The van der Waals surface area contributed by atoms with Crippen LogP contribution in [0, 0.1) is 0 Å². The number of aromatic carboxylic acids is 1. The molecular formula is C11H11BrO2. The summed E-state index contributed by atoms with van der Waals surface area (Å²) in [5.74, 6) is -0.230. The van der Waals surface area contributed by atoms with E-state index in [2.05, 4.69) is 15.9 Å². The molecule has 0 spiro atoms. The van der Waals surface area contributed by atoms with Gasteiger partial charge in [-0.25, -0.2) is 4.79 Å². The van der Waals surface area contributed by atoms with Crippen LogP contribution in [0.4, 0.5) is 0 Å². The Hall–Kier alpha value is -0.830. The summed E-state index contributed by atoms with van der Waals surface area (Å²) < 4.78 is 0.689. The molecular weight excluding hydrogens is 244 g/mol. The van der Waals surface area contributed by atoms with Crippen LogP contribution in [0.3, 0.4) is 0 Å². The Labute approximate surface area is 91.1 Å². The highest BCUT2D eigenvalue weighted by Gasteiger charge is 2.20. The molecule has 0 aliphatic heterocycles. The van der Waals surface area contributed by atoms with Crippen LogP contribution in [0.2, 0.25) is 0 Å². The van der Waals surface area contributed by atoms with E-state index >= 15 is 0 Å². The summed E-state index contributed by atoms with van der Waals surface area (Å²) >= 11 is 3.29. The number of benzene rings is 1. The first-order valence-electron chi connectivity index (χ1n) is 4.71. The Morgan fingerprint density at radius 2 is 2.14 bits per heavy atom. The number of carbonyl (C=O) groups is 1. The second kappa shape index (κ2) is 3.73. The van der Waals surface area contributed by atoms with Gasteiger partial charge >= 0.3 is 5.97 Å². The van der Waals surface area contributed by atoms with Gasteiger partial charge in [0.2, 0.25) is 0 Å². The number of halogens is 1. The van der Waals surface area contributed by atoms with Gasteiger partial charge in [-0.15, -0.1) is 0 Å². The first kappa shape index (κ1) is 9.71. The molecule has 0 radical (unpaired) electrons.